The second kappa shape index (κ2) is 9.55. The van der Waals surface area contributed by atoms with E-state index in [-0.39, 0.29) is 28.8 Å². The zero-order valence-corrected chi connectivity index (χ0v) is 20.5. The third-order valence-corrected chi connectivity index (χ3v) is 8.10. The van der Waals surface area contributed by atoms with Gasteiger partial charge in [-0.05, 0) is 50.1 Å². The van der Waals surface area contributed by atoms with Crippen LogP contribution in [0.3, 0.4) is 0 Å². The molecule has 4 aromatic rings. The van der Waals surface area contributed by atoms with Gasteiger partial charge >= 0.3 is 5.92 Å². The number of pyridine rings is 1. The summed E-state index contributed by atoms with van der Waals surface area (Å²) in [6.45, 7) is 2.51. The Balaban J connectivity index is 1.28. The normalized spacial score (nSPS) is 15.9. The molecule has 1 N–H and O–H groups in total. The molecule has 3 aromatic heterocycles. The standard InChI is InChI=1S/C25H26F2N6O2S/c1-18-5-7-20(8-6-18)36(34,35)33-15-11-21-23(29-17-30-24(21)33)31-19-9-13-32(14-10-19)16-25(26,27)22-4-2-3-12-28-22/h2-8,11-12,15,17,19H,9-10,13-14,16H2,1H3,(H,29,30,31). The van der Waals surface area contributed by atoms with Gasteiger partial charge in [0.15, 0.2) is 5.65 Å². The SMILES string of the molecule is Cc1ccc(S(=O)(=O)n2ccc3c(NC4CCN(CC(F)(F)c5ccccn5)CC4)ncnc32)cc1. The Kier molecular flexibility index (Phi) is 6.44. The van der Waals surface area contributed by atoms with Crippen molar-refractivity contribution in [3.05, 3.63) is 78.5 Å². The smallest absolute Gasteiger partial charge is 0.302 e. The number of hydrogen-bond acceptors (Lipinski definition) is 7. The zero-order valence-electron chi connectivity index (χ0n) is 19.7. The summed E-state index contributed by atoms with van der Waals surface area (Å²) in [7, 11) is -3.82. The van der Waals surface area contributed by atoms with Gasteiger partial charge in [0.25, 0.3) is 10.0 Å². The second-order valence-corrected chi connectivity index (χ2v) is 10.8. The molecule has 0 bridgehead atoms. The number of nitrogens with one attached hydrogen (secondary N) is 1. The molecule has 0 amide bonds. The number of hydrogen-bond donors (Lipinski definition) is 1. The lowest BCUT2D eigenvalue weighted by atomic mass is 10.0. The molecule has 1 saturated heterocycles. The van der Waals surface area contributed by atoms with Gasteiger partial charge in [0.05, 0.1) is 16.8 Å². The molecule has 0 saturated carbocycles. The van der Waals surface area contributed by atoms with Crippen LogP contribution in [0.2, 0.25) is 0 Å². The van der Waals surface area contributed by atoms with Crippen LogP contribution < -0.4 is 5.32 Å². The molecule has 0 aliphatic carbocycles. The maximum atomic E-state index is 14.6. The van der Waals surface area contributed by atoms with Gasteiger partial charge in [-0.1, -0.05) is 23.8 Å². The van der Waals surface area contributed by atoms with E-state index in [0.717, 1.165) is 9.54 Å². The van der Waals surface area contributed by atoms with Crippen molar-refractivity contribution in [1.82, 2.24) is 23.8 Å². The maximum Gasteiger partial charge on any atom is 0.302 e. The van der Waals surface area contributed by atoms with Crippen LogP contribution in [0.25, 0.3) is 11.0 Å². The van der Waals surface area contributed by atoms with Crippen LogP contribution >= 0.6 is 0 Å². The second-order valence-electron chi connectivity index (χ2n) is 9.00. The highest BCUT2D eigenvalue weighted by atomic mass is 32.2. The lowest BCUT2D eigenvalue weighted by Crippen LogP contribution is -2.44. The molecule has 36 heavy (non-hydrogen) atoms. The Morgan fingerprint density at radius 2 is 1.78 bits per heavy atom. The van der Waals surface area contributed by atoms with E-state index in [2.05, 4.69) is 20.3 Å². The molecule has 0 atom stereocenters. The highest BCUT2D eigenvalue weighted by Crippen LogP contribution is 2.30. The molecule has 5 rings (SSSR count). The van der Waals surface area contributed by atoms with Crippen LogP contribution in [0.5, 0.6) is 0 Å². The maximum absolute atomic E-state index is 14.6. The topological polar surface area (TPSA) is 93.0 Å². The number of benzene rings is 1. The van der Waals surface area contributed by atoms with E-state index < -0.39 is 15.9 Å². The minimum atomic E-state index is -3.82. The summed E-state index contributed by atoms with van der Waals surface area (Å²) in [5, 5.41) is 3.95. The minimum absolute atomic E-state index is 0.0138. The van der Waals surface area contributed by atoms with Gasteiger partial charge in [-0.2, -0.15) is 8.78 Å². The van der Waals surface area contributed by atoms with Gasteiger partial charge in [-0.3, -0.25) is 9.88 Å². The van der Waals surface area contributed by atoms with Crippen molar-refractivity contribution in [2.75, 3.05) is 25.0 Å². The molecular formula is C25H26F2N6O2S. The molecule has 1 aromatic carbocycles. The highest BCUT2D eigenvalue weighted by Gasteiger charge is 2.36. The van der Waals surface area contributed by atoms with E-state index in [0.29, 0.717) is 37.1 Å². The fourth-order valence-corrected chi connectivity index (χ4v) is 5.73. The van der Waals surface area contributed by atoms with Crippen LogP contribution in [0, 0.1) is 6.92 Å². The van der Waals surface area contributed by atoms with Gasteiger partial charge in [0.2, 0.25) is 0 Å². The number of halogens is 2. The van der Waals surface area contributed by atoms with Crippen molar-refractivity contribution in [2.45, 2.75) is 36.6 Å². The van der Waals surface area contributed by atoms with Gasteiger partial charge in [-0.15, -0.1) is 0 Å². The van der Waals surface area contributed by atoms with Gasteiger partial charge < -0.3 is 5.32 Å². The lowest BCUT2D eigenvalue weighted by molar-refractivity contribution is -0.0457. The summed E-state index contributed by atoms with van der Waals surface area (Å²) in [4.78, 5) is 14.3. The monoisotopic (exact) mass is 512 g/mol. The number of aryl methyl sites for hydroxylation is 1. The number of nitrogens with zero attached hydrogens (tertiary/aromatic N) is 5. The number of likely N-dealkylation sites (tertiary alicyclic amines) is 1. The van der Waals surface area contributed by atoms with Crippen LogP contribution in [0.4, 0.5) is 14.6 Å². The van der Waals surface area contributed by atoms with Crippen molar-refractivity contribution in [3.8, 4) is 0 Å². The number of alkyl halides is 2. The van der Waals surface area contributed by atoms with Crippen LogP contribution in [-0.2, 0) is 15.9 Å². The van der Waals surface area contributed by atoms with Crippen LogP contribution in [0.15, 0.2) is 72.1 Å². The Hall–Kier alpha value is -3.44. The molecule has 0 unspecified atom stereocenters. The van der Waals surface area contributed by atoms with Gasteiger partial charge in [-0.25, -0.2) is 22.4 Å². The number of rotatable bonds is 7. The summed E-state index contributed by atoms with van der Waals surface area (Å²) < 4.78 is 56.7. The zero-order chi connectivity index (χ0) is 25.3. The highest BCUT2D eigenvalue weighted by molar-refractivity contribution is 7.90. The van der Waals surface area contributed by atoms with E-state index in [1.54, 1.807) is 47.4 Å². The molecule has 0 radical (unpaired) electrons. The van der Waals surface area contributed by atoms with Crippen molar-refractivity contribution in [3.63, 3.8) is 0 Å². The van der Waals surface area contributed by atoms with E-state index in [9.17, 15) is 17.2 Å². The van der Waals surface area contributed by atoms with Crippen molar-refractivity contribution in [2.24, 2.45) is 0 Å². The first-order chi connectivity index (χ1) is 17.2. The molecular weight excluding hydrogens is 486 g/mol. The Bertz CT molecular complexity index is 1450. The number of aromatic nitrogens is 4. The molecule has 1 fully saturated rings. The summed E-state index contributed by atoms with van der Waals surface area (Å²) in [5.74, 6) is -2.50. The first-order valence-electron chi connectivity index (χ1n) is 11.7. The Labute approximate surface area is 208 Å². The average molecular weight is 513 g/mol. The molecule has 1 aliphatic heterocycles. The predicted octanol–water partition coefficient (Wildman–Crippen LogP) is 4.04. The van der Waals surface area contributed by atoms with Gasteiger partial charge in [0.1, 0.15) is 17.8 Å². The van der Waals surface area contributed by atoms with E-state index in [1.165, 1.54) is 24.8 Å². The predicted molar refractivity (Wildman–Crippen MR) is 133 cm³/mol. The minimum Gasteiger partial charge on any atom is -0.367 e. The Morgan fingerprint density at radius 3 is 2.47 bits per heavy atom. The fourth-order valence-electron chi connectivity index (χ4n) is 4.43. The third kappa shape index (κ3) is 4.80. The first kappa shape index (κ1) is 24.3. The van der Waals surface area contributed by atoms with Crippen molar-refractivity contribution >= 4 is 26.9 Å². The van der Waals surface area contributed by atoms with Gasteiger partial charge in [0, 0.05) is 31.5 Å². The van der Waals surface area contributed by atoms with Crippen LogP contribution in [-0.4, -0.2) is 57.9 Å². The Morgan fingerprint density at radius 1 is 1.03 bits per heavy atom. The first-order valence-corrected chi connectivity index (χ1v) is 13.1. The molecule has 188 valence electrons. The van der Waals surface area contributed by atoms with Crippen molar-refractivity contribution < 1.29 is 17.2 Å². The average Bonchev–Trinajstić information content (AvgIpc) is 3.32. The number of fused-ring (bicyclic) bond motifs is 1. The number of anilines is 1. The number of piperidine rings is 1. The summed E-state index contributed by atoms with van der Waals surface area (Å²) in [5.41, 5.74) is 1.02. The van der Waals surface area contributed by atoms with E-state index >= 15 is 0 Å². The fraction of sp³-hybridized carbons (Fsp3) is 0.320. The van der Waals surface area contributed by atoms with E-state index in [4.69, 9.17) is 0 Å². The van der Waals surface area contributed by atoms with E-state index in [1.807, 2.05) is 6.92 Å². The molecule has 8 nitrogen and oxygen atoms in total. The molecule has 11 heteroatoms. The lowest BCUT2D eigenvalue weighted by Gasteiger charge is -2.34. The third-order valence-electron chi connectivity index (χ3n) is 6.42. The summed E-state index contributed by atoms with van der Waals surface area (Å²) in [6, 6.07) is 12.9. The quantitative estimate of drug-likeness (QED) is 0.400. The van der Waals surface area contributed by atoms with Crippen molar-refractivity contribution in [1.29, 1.82) is 0 Å². The summed E-state index contributed by atoms with van der Waals surface area (Å²) >= 11 is 0. The molecule has 1 aliphatic rings. The van der Waals surface area contributed by atoms with Crippen LogP contribution in [0.1, 0.15) is 24.1 Å². The summed E-state index contributed by atoms with van der Waals surface area (Å²) in [6.07, 6.45) is 5.47. The largest absolute Gasteiger partial charge is 0.367 e. The molecule has 4 heterocycles. The molecule has 0 spiro atoms.